The molecule has 0 aliphatic carbocycles. The molecule has 1 aliphatic rings. The van der Waals surface area contributed by atoms with Crippen LogP contribution in [-0.2, 0) is 6.54 Å². The van der Waals surface area contributed by atoms with Crippen molar-refractivity contribution in [2.75, 3.05) is 42.9 Å². The third-order valence-electron chi connectivity index (χ3n) is 7.36. The van der Waals surface area contributed by atoms with E-state index in [0.717, 1.165) is 73.4 Å². The summed E-state index contributed by atoms with van der Waals surface area (Å²) in [6, 6.07) is 12.1. The maximum Gasteiger partial charge on any atom is 0.154 e. The molecule has 1 saturated heterocycles. The van der Waals surface area contributed by atoms with Gasteiger partial charge in [0.25, 0.3) is 0 Å². The Bertz CT molecular complexity index is 1560. The normalized spacial score (nSPS) is 14.2. The van der Waals surface area contributed by atoms with Crippen LogP contribution in [0.1, 0.15) is 31.7 Å². The lowest BCUT2D eigenvalue weighted by Gasteiger charge is -2.36. The molecule has 0 amide bonds. The largest absolute Gasteiger partial charge is 0.369 e. The highest BCUT2D eigenvalue weighted by molar-refractivity contribution is 5.81. The quantitative estimate of drug-likeness (QED) is 0.287. The van der Waals surface area contributed by atoms with Gasteiger partial charge in [0, 0.05) is 80.9 Å². The molecule has 10 heteroatoms. The van der Waals surface area contributed by atoms with Gasteiger partial charge < -0.3 is 10.2 Å². The van der Waals surface area contributed by atoms with E-state index in [9.17, 15) is 0 Å². The minimum Gasteiger partial charge on any atom is -0.369 e. The van der Waals surface area contributed by atoms with E-state index in [1.807, 2.05) is 47.7 Å². The lowest BCUT2D eigenvalue weighted by atomic mass is 10.1. The molecule has 204 valence electrons. The van der Waals surface area contributed by atoms with E-state index in [-0.39, 0.29) is 0 Å². The maximum atomic E-state index is 4.78. The molecule has 6 rings (SSSR count). The number of rotatable bonds is 9. The first-order valence-electron chi connectivity index (χ1n) is 13.9. The second kappa shape index (κ2) is 11.7. The Balaban J connectivity index is 1.05. The standard InChI is InChI=1S/C30H34N10/c1-22(2)23-17-30(37-33-19-23)36-29-5-4-27-28(35-29)16-24(18-32-27)25-20-34-40(21-25)11-3-10-38-12-14-39(15-13-38)26-6-8-31-9-7-26/h4-9,16-22H,3,10-15H2,1-2H3,(H,35,36,37). The van der Waals surface area contributed by atoms with Crippen LogP contribution in [0.2, 0.25) is 0 Å². The number of anilines is 3. The zero-order valence-corrected chi connectivity index (χ0v) is 23.0. The number of hydrogen-bond donors (Lipinski definition) is 1. The van der Waals surface area contributed by atoms with Crippen molar-refractivity contribution in [3.05, 3.63) is 79.1 Å². The van der Waals surface area contributed by atoms with Crippen molar-refractivity contribution < 1.29 is 0 Å². The number of nitrogens with one attached hydrogen (secondary N) is 1. The molecule has 0 saturated carbocycles. The number of hydrogen-bond acceptors (Lipinski definition) is 9. The van der Waals surface area contributed by atoms with Gasteiger partial charge in [0.05, 0.1) is 23.4 Å². The first kappa shape index (κ1) is 25.8. The van der Waals surface area contributed by atoms with Crippen molar-refractivity contribution in [3.8, 4) is 11.1 Å². The molecule has 5 aromatic heterocycles. The van der Waals surface area contributed by atoms with E-state index in [4.69, 9.17) is 4.98 Å². The zero-order valence-electron chi connectivity index (χ0n) is 23.0. The maximum absolute atomic E-state index is 4.78. The number of aromatic nitrogens is 7. The number of pyridine rings is 3. The van der Waals surface area contributed by atoms with Crippen molar-refractivity contribution in [3.63, 3.8) is 0 Å². The minimum atomic E-state index is 0.377. The Morgan fingerprint density at radius 3 is 2.52 bits per heavy atom. The summed E-state index contributed by atoms with van der Waals surface area (Å²) in [7, 11) is 0. The molecule has 0 bridgehead atoms. The second-order valence-electron chi connectivity index (χ2n) is 10.5. The molecule has 5 aromatic rings. The smallest absolute Gasteiger partial charge is 0.154 e. The highest BCUT2D eigenvalue weighted by atomic mass is 15.3. The van der Waals surface area contributed by atoms with Crippen LogP contribution in [0.4, 0.5) is 17.3 Å². The second-order valence-corrected chi connectivity index (χ2v) is 10.5. The highest BCUT2D eigenvalue weighted by Gasteiger charge is 2.17. The van der Waals surface area contributed by atoms with E-state index in [0.29, 0.717) is 17.6 Å². The summed E-state index contributed by atoms with van der Waals surface area (Å²) in [5.41, 5.74) is 6.08. The van der Waals surface area contributed by atoms with Crippen molar-refractivity contribution in [2.45, 2.75) is 32.7 Å². The van der Waals surface area contributed by atoms with Crippen LogP contribution in [0.5, 0.6) is 0 Å². The van der Waals surface area contributed by atoms with Crippen molar-refractivity contribution in [1.29, 1.82) is 0 Å². The number of nitrogens with zero attached hydrogens (tertiary/aromatic N) is 9. The molecule has 10 nitrogen and oxygen atoms in total. The van der Waals surface area contributed by atoms with Gasteiger partial charge in [-0.2, -0.15) is 10.2 Å². The molecule has 1 fully saturated rings. The molecule has 6 heterocycles. The lowest BCUT2D eigenvalue weighted by molar-refractivity contribution is 0.249. The monoisotopic (exact) mass is 534 g/mol. The predicted molar refractivity (Wildman–Crippen MR) is 158 cm³/mol. The van der Waals surface area contributed by atoms with Crippen LogP contribution >= 0.6 is 0 Å². The van der Waals surface area contributed by atoms with Gasteiger partial charge in [-0.15, -0.1) is 5.10 Å². The molecule has 0 unspecified atom stereocenters. The topological polar surface area (TPSA) is 101 Å². The summed E-state index contributed by atoms with van der Waals surface area (Å²) in [6.07, 6.45) is 12.5. The minimum absolute atomic E-state index is 0.377. The lowest BCUT2D eigenvalue weighted by Crippen LogP contribution is -2.46. The SMILES string of the molecule is CC(C)c1cnnc(Nc2ccc3ncc(-c4cnn(CCCN5CCN(c6ccncc6)CC5)c4)cc3n2)c1. The third-order valence-corrected chi connectivity index (χ3v) is 7.36. The average molecular weight is 535 g/mol. The third kappa shape index (κ3) is 6.07. The Morgan fingerprint density at radius 2 is 1.70 bits per heavy atom. The Morgan fingerprint density at radius 1 is 0.850 bits per heavy atom. The molecular weight excluding hydrogens is 500 g/mol. The molecule has 0 spiro atoms. The summed E-state index contributed by atoms with van der Waals surface area (Å²) < 4.78 is 2.03. The van der Waals surface area contributed by atoms with Gasteiger partial charge in [-0.1, -0.05) is 13.8 Å². The Hall–Kier alpha value is -4.44. The Labute approximate surface area is 234 Å². The van der Waals surface area contributed by atoms with Crippen LogP contribution in [-0.4, -0.2) is 72.6 Å². The first-order chi connectivity index (χ1) is 19.6. The summed E-state index contributed by atoms with van der Waals surface area (Å²) in [5, 5.41) is 16.2. The first-order valence-corrected chi connectivity index (χ1v) is 13.9. The highest BCUT2D eigenvalue weighted by Crippen LogP contribution is 2.24. The summed E-state index contributed by atoms with van der Waals surface area (Å²) in [4.78, 5) is 18.5. The van der Waals surface area contributed by atoms with E-state index >= 15 is 0 Å². The molecule has 0 aromatic carbocycles. The zero-order chi connectivity index (χ0) is 27.3. The Kier molecular flexibility index (Phi) is 7.58. The predicted octanol–water partition coefficient (Wildman–Crippen LogP) is 4.76. The van der Waals surface area contributed by atoms with Crippen LogP contribution in [0.15, 0.2) is 73.6 Å². The van der Waals surface area contributed by atoms with Gasteiger partial charge in [-0.05, 0) is 54.3 Å². The summed E-state index contributed by atoms with van der Waals surface area (Å²) in [6.45, 7) is 10.5. The molecule has 40 heavy (non-hydrogen) atoms. The van der Waals surface area contributed by atoms with Gasteiger partial charge in [0.15, 0.2) is 5.82 Å². The van der Waals surface area contributed by atoms with Gasteiger partial charge in [-0.3, -0.25) is 19.5 Å². The van der Waals surface area contributed by atoms with Gasteiger partial charge in [-0.25, -0.2) is 4.98 Å². The van der Waals surface area contributed by atoms with Crippen LogP contribution in [0.25, 0.3) is 22.2 Å². The fourth-order valence-electron chi connectivity index (χ4n) is 5.00. The molecular formula is C30H34N10. The van der Waals surface area contributed by atoms with Gasteiger partial charge >= 0.3 is 0 Å². The fourth-order valence-corrected chi connectivity index (χ4v) is 5.00. The van der Waals surface area contributed by atoms with Gasteiger partial charge in [0.2, 0.25) is 0 Å². The van der Waals surface area contributed by atoms with E-state index in [1.54, 1.807) is 6.20 Å². The van der Waals surface area contributed by atoms with E-state index in [1.165, 1.54) is 5.69 Å². The fraction of sp³-hybridized carbons (Fsp3) is 0.333. The number of fused-ring (bicyclic) bond motifs is 1. The van der Waals surface area contributed by atoms with Crippen molar-refractivity contribution in [2.24, 2.45) is 0 Å². The molecule has 1 N–H and O–H groups in total. The summed E-state index contributed by atoms with van der Waals surface area (Å²) >= 11 is 0. The molecule has 1 aliphatic heterocycles. The van der Waals surface area contributed by atoms with Crippen molar-refractivity contribution in [1.82, 2.24) is 39.8 Å². The molecule has 0 radical (unpaired) electrons. The summed E-state index contributed by atoms with van der Waals surface area (Å²) in [5.74, 6) is 1.76. The number of aryl methyl sites for hydroxylation is 1. The average Bonchev–Trinajstić information content (AvgIpc) is 3.47. The van der Waals surface area contributed by atoms with Crippen LogP contribution < -0.4 is 10.2 Å². The van der Waals surface area contributed by atoms with Crippen molar-refractivity contribution >= 4 is 28.4 Å². The van der Waals surface area contributed by atoms with Crippen LogP contribution in [0.3, 0.4) is 0 Å². The van der Waals surface area contributed by atoms with E-state index < -0.39 is 0 Å². The van der Waals surface area contributed by atoms with Crippen LogP contribution in [0, 0.1) is 0 Å². The van der Waals surface area contributed by atoms with Gasteiger partial charge in [0.1, 0.15) is 5.82 Å². The van der Waals surface area contributed by atoms with E-state index in [2.05, 4.69) is 78.6 Å². The number of piperazine rings is 1. The molecule has 0 atom stereocenters.